The summed E-state index contributed by atoms with van der Waals surface area (Å²) in [5.74, 6) is 0. The van der Waals surface area contributed by atoms with E-state index >= 15 is 0 Å². The summed E-state index contributed by atoms with van der Waals surface area (Å²) >= 11 is 11.6. The molecule has 0 spiro atoms. The molecule has 3 atom stereocenters. The quantitative estimate of drug-likeness (QED) is 0.0629. The van der Waals surface area contributed by atoms with Crippen LogP contribution in [0.2, 0.25) is 10.2 Å². The number of aromatic nitrogens is 1. The molecule has 9 N–H and O–H groups in total. The van der Waals surface area contributed by atoms with Crippen LogP contribution in [-0.2, 0) is 14.2 Å². The second-order valence-electron chi connectivity index (χ2n) is 16.0. The summed E-state index contributed by atoms with van der Waals surface area (Å²) in [6.45, 7) is 9.24. The third kappa shape index (κ3) is 16.8. The van der Waals surface area contributed by atoms with Gasteiger partial charge in [-0.15, -0.1) is 0 Å². The molecule has 0 radical (unpaired) electrons. The number of halogens is 2. The highest BCUT2D eigenvalue weighted by Gasteiger charge is 2.18. The maximum Gasteiger partial charge on any atom is 0.323 e. The standard InChI is InChI=1S/C18H21N3O2.C17H18ClN3O2.C16H17ClN4O2/c1-13-3-2-4-16(11-13)21-18(22)20-15-7-5-14(6-8-15)17-12-19-9-10-23-17;18-13-2-1-3-15(10-13)21-17(22)20-14-6-4-12(5-7-14)16-11-19-8-9-23-16;17-15-6-5-13(9-19-15)21-16(22)20-12-3-1-11(2-4-12)14-10-18-7-8-23-14/h2-8,11,17,19H,9-10,12H2,1H3,(H2,20,21,22);1-7,10,16,19H,8-9,11H2,(H2,20,21,22);1-6,9,14,18H,7-8,10H2,(H2,20,21,22). The lowest BCUT2D eigenvalue weighted by molar-refractivity contribution is 0.0276. The van der Waals surface area contributed by atoms with Gasteiger partial charge < -0.3 is 62.1 Å². The number of hydrogen-bond donors (Lipinski definition) is 9. The lowest BCUT2D eigenvalue weighted by atomic mass is 10.1. The molecule has 3 saturated heterocycles. The minimum absolute atomic E-state index is 0.0618. The molecule has 3 aliphatic rings. The number of carbonyl (C=O) groups is 3. The number of pyridine rings is 1. The summed E-state index contributed by atoms with van der Waals surface area (Å²) in [5, 5.41) is 27.5. The van der Waals surface area contributed by atoms with E-state index in [2.05, 4.69) is 52.8 Å². The summed E-state index contributed by atoms with van der Waals surface area (Å²) in [5.41, 5.74) is 8.58. The predicted molar refractivity (Wildman–Crippen MR) is 274 cm³/mol. The molecule has 6 amide bonds. The fraction of sp³-hybridized carbons (Fsp3) is 0.255. The van der Waals surface area contributed by atoms with Gasteiger partial charge >= 0.3 is 18.1 Å². The van der Waals surface area contributed by atoms with Crippen molar-refractivity contribution < 1.29 is 28.6 Å². The van der Waals surface area contributed by atoms with Gasteiger partial charge in [0.15, 0.2) is 0 Å². The smallest absolute Gasteiger partial charge is 0.323 e. The number of urea groups is 3. The zero-order chi connectivity index (χ0) is 48.2. The first-order valence-electron chi connectivity index (χ1n) is 22.6. The number of amides is 6. The molecule has 0 aliphatic carbocycles. The number of carbonyl (C=O) groups excluding carboxylic acids is 3. The van der Waals surface area contributed by atoms with Crippen molar-refractivity contribution in [3.63, 3.8) is 0 Å². The number of aryl methyl sites for hydroxylation is 1. The number of morpholine rings is 3. The lowest BCUT2D eigenvalue weighted by Gasteiger charge is -2.24. The van der Waals surface area contributed by atoms with E-state index in [4.69, 9.17) is 37.4 Å². The van der Waals surface area contributed by atoms with Crippen molar-refractivity contribution in [3.8, 4) is 0 Å². The number of hydrogen-bond acceptors (Lipinski definition) is 10. The highest BCUT2D eigenvalue weighted by atomic mass is 35.5. The molecule has 3 unspecified atom stereocenters. The zero-order valence-corrected chi connectivity index (χ0v) is 39.5. The minimum Gasteiger partial charge on any atom is -0.371 e. The summed E-state index contributed by atoms with van der Waals surface area (Å²) in [6.07, 6.45) is 1.71. The van der Waals surface area contributed by atoms with Crippen LogP contribution in [0.4, 0.5) is 48.5 Å². The molecule has 6 aromatic rings. The molecule has 360 valence electrons. The van der Waals surface area contributed by atoms with E-state index in [0.29, 0.717) is 40.5 Å². The van der Waals surface area contributed by atoms with Crippen molar-refractivity contribution in [2.24, 2.45) is 0 Å². The van der Waals surface area contributed by atoms with E-state index in [1.54, 1.807) is 36.4 Å². The van der Waals surface area contributed by atoms with E-state index < -0.39 is 0 Å². The third-order valence-corrected chi connectivity index (χ3v) is 11.2. The van der Waals surface area contributed by atoms with Gasteiger partial charge in [-0.2, -0.15) is 0 Å². The highest BCUT2D eigenvalue weighted by Crippen LogP contribution is 2.24. The van der Waals surface area contributed by atoms with Crippen molar-refractivity contribution in [1.29, 1.82) is 0 Å². The van der Waals surface area contributed by atoms with Gasteiger partial charge in [0, 0.05) is 72.7 Å². The van der Waals surface area contributed by atoms with E-state index in [9.17, 15) is 14.4 Å². The molecule has 18 heteroatoms. The summed E-state index contributed by atoms with van der Waals surface area (Å²) in [6, 6.07) is 40.1. The van der Waals surface area contributed by atoms with E-state index in [1.807, 2.05) is 104 Å². The zero-order valence-electron chi connectivity index (χ0n) is 38.0. The average molecular weight is 976 g/mol. The van der Waals surface area contributed by atoms with E-state index in [0.717, 1.165) is 85.2 Å². The molecule has 16 nitrogen and oxygen atoms in total. The largest absolute Gasteiger partial charge is 0.371 e. The van der Waals surface area contributed by atoms with Crippen LogP contribution in [0, 0.1) is 6.92 Å². The van der Waals surface area contributed by atoms with Crippen LogP contribution in [0.1, 0.15) is 40.6 Å². The summed E-state index contributed by atoms with van der Waals surface area (Å²) in [7, 11) is 0. The number of benzene rings is 5. The molecule has 0 saturated carbocycles. The monoisotopic (exact) mass is 974 g/mol. The maximum atomic E-state index is 12.0. The molecule has 0 bridgehead atoms. The second-order valence-corrected chi connectivity index (χ2v) is 16.9. The van der Waals surface area contributed by atoms with E-state index in [-0.39, 0.29) is 36.4 Å². The van der Waals surface area contributed by atoms with Crippen molar-refractivity contribution in [1.82, 2.24) is 20.9 Å². The molecule has 5 aromatic carbocycles. The van der Waals surface area contributed by atoms with Gasteiger partial charge in [-0.3, -0.25) is 0 Å². The molecule has 4 heterocycles. The van der Waals surface area contributed by atoms with Gasteiger partial charge in [-0.1, -0.05) is 77.8 Å². The number of nitrogens with zero attached hydrogens (tertiary/aromatic N) is 1. The fourth-order valence-corrected chi connectivity index (χ4v) is 7.60. The second kappa shape index (κ2) is 26.2. The van der Waals surface area contributed by atoms with Crippen LogP contribution in [0.5, 0.6) is 0 Å². The predicted octanol–water partition coefficient (Wildman–Crippen LogP) is 9.98. The van der Waals surface area contributed by atoms with Crippen LogP contribution >= 0.6 is 23.2 Å². The lowest BCUT2D eigenvalue weighted by Crippen LogP contribution is -2.33. The number of anilines is 6. The number of ether oxygens (including phenoxy) is 3. The Kier molecular flexibility index (Phi) is 19.1. The van der Waals surface area contributed by atoms with Crippen molar-refractivity contribution in [2.75, 3.05) is 91.0 Å². The molecular formula is C51H56Cl2N10O6. The number of nitrogens with one attached hydrogen (secondary N) is 9. The topological polar surface area (TPSA) is 200 Å². The third-order valence-electron chi connectivity index (χ3n) is 10.7. The first-order valence-corrected chi connectivity index (χ1v) is 23.3. The first kappa shape index (κ1) is 50.3. The minimum atomic E-state index is -0.336. The number of rotatable bonds is 9. The van der Waals surface area contributed by atoms with Gasteiger partial charge in [0.05, 0.1) is 50.0 Å². The Hall–Kier alpha value is -6.60. The fourth-order valence-electron chi connectivity index (χ4n) is 7.30. The SMILES string of the molecule is Cc1cccc(NC(=O)Nc2ccc(C3CNCCO3)cc2)c1.O=C(Nc1ccc(C2CNCCO2)cc1)Nc1ccc(Cl)nc1.O=C(Nc1ccc(C2CNCCO2)cc1)Nc1cccc(Cl)c1. The van der Waals surface area contributed by atoms with Gasteiger partial charge in [0.25, 0.3) is 0 Å². The maximum absolute atomic E-state index is 12.0. The molecular weight excluding hydrogens is 920 g/mol. The van der Waals surface area contributed by atoms with Gasteiger partial charge in [-0.25, -0.2) is 19.4 Å². The van der Waals surface area contributed by atoms with Crippen LogP contribution in [0.25, 0.3) is 0 Å². The molecule has 69 heavy (non-hydrogen) atoms. The molecule has 3 aliphatic heterocycles. The van der Waals surface area contributed by atoms with Crippen molar-refractivity contribution in [2.45, 2.75) is 25.2 Å². The van der Waals surface area contributed by atoms with Crippen LogP contribution in [-0.4, -0.2) is 82.2 Å². The average Bonchev–Trinajstić information content (AvgIpc) is 3.36. The molecule has 9 rings (SSSR count). The normalized spacial score (nSPS) is 17.5. The first-order chi connectivity index (χ1) is 33.6. The summed E-state index contributed by atoms with van der Waals surface area (Å²) < 4.78 is 17.1. The Balaban J connectivity index is 0.000000153. The van der Waals surface area contributed by atoms with Crippen LogP contribution < -0.4 is 47.9 Å². The highest BCUT2D eigenvalue weighted by molar-refractivity contribution is 6.31. The Labute approximate surface area is 411 Å². The van der Waals surface area contributed by atoms with Crippen LogP contribution in [0.3, 0.4) is 0 Å². The van der Waals surface area contributed by atoms with Gasteiger partial charge in [-0.05, 0) is 108 Å². The van der Waals surface area contributed by atoms with Crippen LogP contribution in [0.15, 0.2) is 140 Å². The van der Waals surface area contributed by atoms with Gasteiger partial charge in [0.2, 0.25) is 0 Å². The Bertz CT molecular complexity index is 2440. The molecule has 1 aromatic heterocycles. The van der Waals surface area contributed by atoms with Crippen molar-refractivity contribution >= 4 is 75.4 Å². The van der Waals surface area contributed by atoms with Gasteiger partial charge in [0.1, 0.15) is 5.15 Å². The Morgan fingerprint density at radius 3 is 1.22 bits per heavy atom. The summed E-state index contributed by atoms with van der Waals surface area (Å²) in [4.78, 5) is 39.8. The Morgan fingerprint density at radius 2 is 0.855 bits per heavy atom. The van der Waals surface area contributed by atoms with E-state index in [1.165, 1.54) is 6.20 Å². The molecule has 3 fully saturated rings. The van der Waals surface area contributed by atoms with Crippen molar-refractivity contribution in [3.05, 3.63) is 172 Å². The Morgan fingerprint density at radius 1 is 0.478 bits per heavy atom.